The number of carbonyl (C=O) groups is 1. The summed E-state index contributed by atoms with van der Waals surface area (Å²) in [5.74, 6) is -0.855. The molecule has 1 aliphatic heterocycles. The maximum atomic E-state index is 12.0. The Morgan fingerprint density at radius 1 is 1.48 bits per heavy atom. The minimum atomic E-state index is -0.656. The van der Waals surface area contributed by atoms with Gasteiger partial charge < -0.3 is 5.32 Å². The molecule has 1 heterocycles. The average molecular weight is 338 g/mol. The number of allylic oxidation sites excluding steroid dienone is 3. The Morgan fingerprint density at radius 3 is 2.65 bits per heavy atom. The first-order valence-corrected chi connectivity index (χ1v) is 6.87. The molecular formula is C15H13N3NaO3S+. The summed E-state index contributed by atoms with van der Waals surface area (Å²) in [6.45, 7) is 3.12. The topological polar surface area (TPSA) is 96.0 Å². The Kier molecular flexibility index (Phi) is 6.59. The summed E-state index contributed by atoms with van der Waals surface area (Å²) in [6, 6.07) is 7.99. The molecule has 1 aromatic carbocycles. The molecule has 2 rings (SSSR count). The zero-order valence-electron chi connectivity index (χ0n) is 13.0. The van der Waals surface area contributed by atoms with Gasteiger partial charge in [-0.05, 0) is 19.4 Å². The van der Waals surface area contributed by atoms with E-state index in [1.54, 1.807) is 13.0 Å². The zero-order valence-corrected chi connectivity index (χ0v) is 15.8. The van der Waals surface area contributed by atoms with E-state index in [2.05, 4.69) is 17.9 Å². The Hall–Kier alpha value is -1.59. The van der Waals surface area contributed by atoms with Crippen molar-refractivity contribution in [1.82, 2.24) is 5.32 Å². The summed E-state index contributed by atoms with van der Waals surface area (Å²) in [5, 5.41) is 23.6. The van der Waals surface area contributed by atoms with Crippen molar-refractivity contribution in [1.29, 1.82) is 5.26 Å². The maximum absolute atomic E-state index is 12.0. The molecular weight excluding hydrogens is 325 g/mol. The van der Waals surface area contributed by atoms with Crippen molar-refractivity contribution in [3.63, 3.8) is 0 Å². The van der Waals surface area contributed by atoms with Crippen molar-refractivity contribution < 1.29 is 39.3 Å². The molecule has 0 amide bonds. The van der Waals surface area contributed by atoms with E-state index in [0.29, 0.717) is 21.9 Å². The quantitative estimate of drug-likeness (QED) is 0.345. The van der Waals surface area contributed by atoms with Crippen LogP contribution in [0.3, 0.4) is 0 Å². The third-order valence-corrected chi connectivity index (χ3v) is 3.81. The SMILES string of the molecule is CC(=O)C1=C(C)NC(S)=C(C#N)C1c1cccc([N+](=O)[O-])c1.[Na+]. The van der Waals surface area contributed by atoms with E-state index in [1.165, 1.54) is 25.1 Å². The maximum Gasteiger partial charge on any atom is 1.00 e. The molecule has 23 heavy (non-hydrogen) atoms. The van der Waals surface area contributed by atoms with Crippen molar-refractivity contribution in [2.45, 2.75) is 19.8 Å². The molecule has 1 aromatic rings. The Morgan fingerprint density at radius 2 is 2.13 bits per heavy atom. The van der Waals surface area contributed by atoms with Crippen molar-refractivity contribution in [3.8, 4) is 6.07 Å². The fourth-order valence-corrected chi connectivity index (χ4v) is 2.89. The number of nitro groups is 1. The number of nitriles is 1. The third-order valence-electron chi connectivity index (χ3n) is 3.46. The zero-order chi connectivity index (χ0) is 16.4. The molecule has 6 nitrogen and oxygen atoms in total. The van der Waals surface area contributed by atoms with Crippen LogP contribution in [0.5, 0.6) is 0 Å². The van der Waals surface area contributed by atoms with Crippen LogP contribution in [0.4, 0.5) is 5.69 Å². The first-order valence-electron chi connectivity index (χ1n) is 6.43. The second-order valence-electron chi connectivity index (χ2n) is 4.88. The Bertz CT molecular complexity index is 780. The summed E-state index contributed by atoms with van der Waals surface area (Å²) in [4.78, 5) is 22.4. The van der Waals surface area contributed by atoms with Crippen LogP contribution in [-0.4, -0.2) is 10.7 Å². The number of Topliss-reactive ketones (excluding diaryl/α,β-unsaturated/α-hetero) is 1. The smallest absolute Gasteiger partial charge is 0.353 e. The number of thiol groups is 1. The number of hydrogen-bond donors (Lipinski definition) is 2. The summed E-state index contributed by atoms with van der Waals surface area (Å²) < 4.78 is 0. The number of nitrogens with one attached hydrogen (secondary N) is 1. The van der Waals surface area contributed by atoms with Gasteiger partial charge in [-0.25, -0.2) is 0 Å². The normalized spacial score (nSPS) is 17.0. The van der Waals surface area contributed by atoms with Gasteiger partial charge in [0.2, 0.25) is 0 Å². The van der Waals surface area contributed by atoms with Crippen molar-refractivity contribution in [2.24, 2.45) is 0 Å². The van der Waals surface area contributed by atoms with Crippen LogP contribution in [0.1, 0.15) is 25.3 Å². The van der Waals surface area contributed by atoms with Gasteiger partial charge in [-0.3, -0.25) is 14.9 Å². The van der Waals surface area contributed by atoms with Gasteiger partial charge in [-0.1, -0.05) is 12.1 Å². The van der Waals surface area contributed by atoms with Crippen molar-refractivity contribution >= 4 is 24.1 Å². The van der Waals surface area contributed by atoms with Crippen LogP contribution in [0.25, 0.3) is 0 Å². The number of ketones is 1. The number of hydrogen-bond acceptors (Lipinski definition) is 6. The molecule has 0 radical (unpaired) electrons. The summed E-state index contributed by atoms with van der Waals surface area (Å²) in [6.07, 6.45) is 0. The van der Waals surface area contributed by atoms with Gasteiger partial charge >= 0.3 is 29.6 Å². The van der Waals surface area contributed by atoms with Crippen LogP contribution in [0, 0.1) is 21.4 Å². The minimum absolute atomic E-state index is 0. The van der Waals surface area contributed by atoms with E-state index < -0.39 is 10.8 Å². The molecule has 0 saturated carbocycles. The number of non-ortho nitro benzene ring substituents is 1. The minimum Gasteiger partial charge on any atom is -0.353 e. The van der Waals surface area contributed by atoms with Gasteiger partial charge in [-0.2, -0.15) is 5.26 Å². The van der Waals surface area contributed by atoms with E-state index >= 15 is 0 Å². The number of benzene rings is 1. The first-order chi connectivity index (χ1) is 10.4. The van der Waals surface area contributed by atoms with Crippen LogP contribution < -0.4 is 34.9 Å². The van der Waals surface area contributed by atoms with Gasteiger partial charge in [0.15, 0.2) is 5.78 Å². The predicted molar refractivity (Wildman–Crippen MR) is 84.0 cm³/mol. The van der Waals surface area contributed by atoms with E-state index in [1.807, 2.05) is 6.07 Å². The molecule has 1 N–H and O–H groups in total. The Labute approximate surface area is 161 Å². The third kappa shape index (κ3) is 3.85. The summed E-state index contributed by atoms with van der Waals surface area (Å²) in [5.41, 5.74) is 1.69. The standard InChI is InChI=1S/C15H13N3O3S.Na/c1-8-13(9(2)19)14(12(7-16)15(22)17-8)10-4-3-5-11(6-10)18(20)21;/h3-6,14,17,22H,1-2H3;/q;+1. The molecule has 1 unspecified atom stereocenters. The van der Waals surface area contributed by atoms with Gasteiger partial charge in [0, 0.05) is 23.4 Å². The predicted octanol–water partition coefficient (Wildman–Crippen LogP) is -0.186. The fraction of sp³-hybridized carbons (Fsp3) is 0.200. The molecule has 0 fully saturated rings. The van der Waals surface area contributed by atoms with Crippen LogP contribution in [0.2, 0.25) is 0 Å². The van der Waals surface area contributed by atoms with Gasteiger partial charge in [0.25, 0.3) is 5.69 Å². The molecule has 0 aromatic heterocycles. The number of nitrogens with zero attached hydrogens (tertiary/aromatic N) is 2. The van der Waals surface area contributed by atoms with E-state index in [4.69, 9.17) is 0 Å². The number of carbonyl (C=O) groups excluding carboxylic acids is 1. The molecule has 0 bridgehead atoms. The van der Waals surface area contributed by atoms with Gasteiger partial charge in [0.1, 0.15) is 0 Å². The fourth-order valence-electron chi connectivity index (χ4n) is 2.55. The molecule has 0 aliphatic carbocycles. The van der Waals surface area contributed by atoms with Crippen LogP contribution >= 0.6 is 12.6 Å². The number of rotatable bonds is 3. The van der Waals surface area contributed by atoms with Crippen LogP contribution in [0.15, 0.2) is 46.1 Å². The summed E-state index contributed by atoms with van der Waals surface area (Å²) in [7, 11) is 0. The van der Waals surface area contributed by atoms with Gasteiger partial charge in [0.05, 0.1) is 27.5 Å². The first kappa shape index (κ1) is 19.5. The Balaban J connectivity index is 0.00000264. The van der Waals surface area contributed by atoms with Crippen molar-refractivity contribution in [3.05, 3.63) is 61.8 Å². The largest absolute Gasteiger partial charge is 1.00 e. The molecule has 8 heteroatoms. The molecule has 1 atom stereocenters. The molecule has 1 aliphatic rings. The number of dihydropyridines is 1. The van der Waals surface area contributed by atoms with E-state index in [9.17, 15) is 20.2 Å². The van der Waals surface area contributed by atoms with E-state index in [-0.39, 0.29) is 46.6 Å². The number of nitro benzene ring substituents is 1. The molecule has 0 saturated heterocycles. The molecule has 0 spiro atoms. The second-order valence-corrected chi connectivity index (χ2v) is 5.33. The monoisotopic (exact) mass is 338 g/mol. The second kappa shape index (κ2) is 7.79. The van der Waals surface area contributed by atoms with Gasteiger partial charge in [-0.15, -0.1) is 12.6 Å². The molecule has 112 valence electrons. The van der Waals surface area contributed by atoms with Crippen molar-refractivity contribution in [2.75, 3.05) is 0 Å². The summed E-state index contributed by atoms with van der Waals surface area (Å²) >= 11 is 4.25. The van der Waals surface area contributed by atoms with E-state index in [0.717, 1.165) is 0 Å². The average Bonchev–Trinajstić information content (AvgIpc) is 2.46. The van der Waals surface area contributed by atoms with Crippen LogP contribution in [-0.2, 0) is 4.79 Å².